The molecule has 1 aliphatic heterocycles. The molecule has 0 saturated heterocycles. The van der Waals surface area contributed by atoms with Gasteiger partial charge < -0.3 is 20.1 Å². The van der Waals surface area contributed by atoms with Gasteiger partial charge in [0.05, 0.1) is 23.8 Å². The van der Waals surface area contributed by atoms with Crippen molar-refractivity contribution in [1.82, 2.24) is 14.8 Å². The third-order valence-corrected chi connectivity index (χ3v) is 8.64. The number of methoxy groups -OCH3 is 1. The van der Waals surface area contributed by atoms with Gasteiger partial charge in [-0.25, -0.2) is 4.68 Å². The van der Waals surface area contributed by atoms with Crippen LogP contribution in [0.25, 0.3) is 0 Å². The monoisotopic (exact) mass is 661 g/mol. The number of amides is 1. The number of benzene rings is 3. The lowest BCUT2D eigenvalue weighted by atomic mass is 9.94. The molecule has 1 aromatic heterocycles. The summed E-state index contributed by atoms with van der Waals surface area (Å²) in [5.74, 6) is 2.46. The highest BCUT2D eigenvalue weighted by Gasteiger charge is 2.35. The Kier molecular flexibility index (Phi) is 10.1. The van der Waals surface area contributed by atoms with Crippen LogP contribution in [0.5, 0.6) is 11.5 Å². The van der Waals surface area contributed by atoms with E-state index in [1.165, 1.54) is 5.56 Å². The average Bonchev–Trinajstić information content (AvgIpc) is 3.39. The third kappa shape index (κ3) is 7.25. The van der Waals surface area contributed by atoms with E-state index in [2.05, 4.69) is 45.6 Å². The van der Waals surface area contributed by atoms with Crippen LogP contribution < -0.4 is 20.1 Å². The second kappa shape index (κ2) is 14.1. The van der Waals surface area contributed by atoms with Crippen molar-refractivity contribution in [2.24, 2.45) is 0 Å². The van der Waals surface area contributed by atoms with Crippen LogP contribution in [0.1, 0.15) is 49.4 Å². The zero-order valence-corrected chi connectivity index (χ0v) is 27.2. The van der Waals surface area contributed by atoms with Crippen molar-refractivity contribution in [3.63, 3.8) is 0 Å². The molecule has 0 radical (unpaired) electrons. The molecule has 0 bridgehead atoms. The molecule has 8 nitrogen and oxygen atoms in total. The standard InChI is InChI=1S/C33H36BrN5O3S/c1-5-6-17-43-33-37-32-35-22(3)28(31(40)36-25-14-10-11-21(2)18-25)29(39(32)38-33)24-19-26(34)30(27(20-24)41-4)42-16-15-23-12-8-7-9-13-23/h7-14,18-20,29H,5-6,15-17H2,1-4H3,(H,36,40)(H,35,37,38). The lowest BCUT2D eigenvalue weighted by molar-refractivity contribution is -0.113. The highest BCUT2D eigenvalue weighted by atomic mass is 79.9. The maximum atomic E-state index is 13.9. The summed E-state index contributed by atoms with van der Waals surface area (Å²) in [5, 5.41) is 11.9. The Balaban J connectivity index is 1.51. The zero-order chi connectivity index (χ0) is 30.3. The molecule has 1 amide bonds. The van der Waals surface area contributed by atoms with Gasteiger partial charge in [0, 0.05) is 23.6 Å². The van der Waals surface area contributed by atoms with Crippen LogP contribution in [0.15, 0.2) is 87.6 Å². The summed E-state index contributed by atoms with van der Waals surface area (Å²) in [6.45, 7) is 6.54. The molecule has 0 spiro atoms. The summed E-state index contributed by atoms with van der Waals surface area (Å²) in [7, 11) is 1.62. The lowest BCUT2D eigenvalue weighted by Crippen LogP contribution is -2.31. The Labute approximate surface area is 265 Å². The van der Waals surface area contributed by atoms with Crippen molar-refractivity contribution in [1.29, 1.82) is 0 Å². The number of carbonyl (C=O) groups excluding carboxylic acids is 1. The number of hydrogen-bond acceptors (Lipinski definition) is 7. The predicted molar refractivity (Wildman–Crippen MR) is 176 cm³/mol. The molecule has 0 saturated carbocycles. The Bertz CT molecular complexity index is 1620. The van der Waals surface area contributed by atoms with E-state index in [-0.39, 0.29) is 5.91 Å². The van der Waals surface area contributed by atoms with Crippen LogP contribution >= 0.6 is 27.7 Å². The molecule has 1 atom stereocenters. The van der Waals surface area contributed by atoms with E-state index < -0.39 is 6.04 Å². The van der Waals surface area contributed by atoms with Crippen molar-refractivity contribution in [3.8, 4) is 11.5 Å². The molecule has 10 heteroatoms. The highest BCUT2D eigenvalue weighted by Crippen LogP contribution is 2.43. The van der Waals surface area contributed by atoms with Crippen molar-refractivity contribution in [3.05, 3.63) is 99.2 Å². The Morgan fingerprint density at radius 3 is 2.67 bits per heavy atom. The second-order valence-electron chi connectivity index (χ2n) is 10.4. The number of thioether (sulfide) groups is 1. The first-order valence-corrected chi connectivity index (χ1v) is 16.1. The quantitative estimate of drug-likeness (QED) is 0.118. The molecular weight excluding hydrogens is 626 g/mol. The fourth-order valence-electron chi connectivity index (χ4n) is 4.98. The molecule has 3 aromatic carbocycles. The third-order valence-electron chi connectivity index (χ3n) is 7.13. The molecule has 43 heavy (non-hydrogen) atoms. The van der Waals surface area contributed by atoms with E-state index in [9.17, 15) is 4.79 Å². The smallest absolute Gasteiger partial charge is 0.255 e. The van der Waals surface area contributed by atoms with E-state index in [0.717, 1.165) is 46.3 Å². The topological polar surface area (TPSA) is 90.3 Å². The summed E-state index contributed by atoms with van der Waals surface area (Å²) in [4.78, 5) is 18.7. The number of aryl methyl sites for hydroxylation is 1. The van der Waals surface area contributed by atoms with Crippen LogP contribution in [-0.2, 0) is 11.2 Å². The van der Waals surface area contributed by atoms with E-state index >= 15 is 0 Å². The van der Waals surface area contributed by atoms with Crippen LogP contribution in [0.4, 0.5) is 11.6 Å². The summed E-state index contributed by atoms with van der Waals surface area (Å²) in [5.41, 5.74) is 5.04. The first-order valence-electron chi connectivity index (χ1n) is 14.4. The molecule has 224 valence electrons. The number of rotatable bonds is 12. The minimum absolute atomic E-state index is 0.222. The van der Waals surface area contributed by atoms with Gasteiger partial charge in [-0.15, -0.1) is 5.10 Å². The molecule has 2 N–H and O–H groups in total. The van der Waals surface area contributed by atoms with Gasteiger partial charge in [-0.3, -0.25) is 4.79 Å². The summed E-state index contributed by atoms with van der Waals surface area (Å²) in [6, 6.07) is 21.3. The average molecular weight is 663 g/mol. The number of fused-ring (bicyclic) bond motifs is 1. The number of nitrogens with one attached hydrogen (secondary N) is 2. The van der Waals surface area contributed by atoms with Crippen LogP contribution in [-0.4, -0.2) is 40.1 Å². The number of unbranched alkanes of at least 4 members (excludes halogenated alkanes) is 1. The van der Waals surface area contributed by atoms with Gasteiger partial charge in [-0.2, -0.15) is 4.98 Å². The molecule has 0 fully saturated rings. The molecule has 1 aliphatic rings. The van der Waals surface area contributed by atoms with Gasteiger partial charge in [-0.1, -0.05) is 67.6 Å². The van der Waals surface area contributed by atoms with Gasteiger partial charge in [0.25, 0.3) is 5.91 Å². The minimum atomic E-state index is -0.558. The number of anilines is 2. The zero-order valence-electron chi connectivity index (χ0n) is 24.8. The van der Waals surface area contributed by atoms with E-state index in [1.807, 2.05) is 68.4 Å². The largest absolute Gasteiger partial charge is 0.493 e. The lowest BCUT2D eigenvalue weighted by Gasteiger charge is -2.29. The fraction of sp³-hybridized carbons (Fsp3) is 0.303. The number of aromatic nitrogens is 3. The molecule has 4 aromatic rings. The van der Waals surface area contributed by atoms with E-state index in [1.54, 1.807) is 23.6 Å². The second-order valence-corrected chi connectivity index (χ2v) is 12.3. The number of hydrogen-bond donors (Lipinski definition) is 2. The van der Waals surface area contributed by atoms with Crippen molar-refractivity contribution in [2.75, 3.05) is 30.1 Å². The van der Waals surface area contributed by atoms with Gasteiger partial charge in [-0.05, 0) is 77.2 Å². The number of allylic oxidation sites excluding steroid dienone is 1. The van der Waals surface area contributed by atoms with Crippen LogP contribution in [0.2, 0.25) is 0 Å². The van der Waals surface area contributed by atoms with Gasteiger partial charge in [0.1, 0.15) is 6.04 Å². The highest BCUT2D eigenvalue weighted by molar-refractivity contribution is 9.10. The SMILES string of the molecule is CCCCSc1nc2n(n1)C(c1cc(Br)c(OCCc3ccccc3)c(OC)c1)C(C(=O)Nc1cccc(C)c1)=C(C)N2. The predicted octanol–water partition coefficient (Wildman–Crippen LogP) is 7.80. The molecular formula is C33H36BrN5O3S. The van der Waals surface area contributed by atoms with Crippen LogP contribution in [0.3, 0.4) is 0 Å². The summed E-state index contributed by atoms with van der Waals surface area (Å²) >= 11 is 5.34. The van der Waals surface area contributed by atoms with E-state index in [0.29, 0.717) is 40.5 Å². The molecule has 2 heterocycles. The Morgan fingerprint density at radius 2 is 1.93 bits per heavy atom. The first-order chi connectivity index (χ1) is 20.9. The normalized spacial score (nSPS) is 14.2. The number of halogens is 1. The molecule has 5 rings (SSSR count). The van der Waals surface area contributed by atoms with Crippen LogP contribution in [0, 0.1) is 6.92 Å². The number of nitrogens with zero attached hydrogens (tertiary/aromatic N) is 3. The van der Waals surface area contributed by atoms with Crippen molar-refractivity contribution < 1.29 is 14.3 Å². The molecule has 0 aliphatic carbocycles. The minimum Gasteiger partial charge on any atom is -0.493 e. The van der Waals surface area contributed by atoms with E-state index in [4.69, 9.17) is 19.6 Å². The van der Waals surface area contributed by atoms with Gasteiger partial charge in [0.2, 0.25) is 11.1 Å². The number of carbonyl (C=O) groups is 1. The van der Waals surface area contributed by atoms with Gasteiger partial charge >= 0.3 is 0 Å². The maximum Gasteiger partial charge on any atom is 0.255 e. The number of ether oxygens (including phenoxy) is 2. The van der Waals surface area contributed by atoms with Crippen molar-refractivity contribution in [2.45, 2.75) is 51.2 Å². The van der Waals surface area contributed by atoms with Crippen molar-refractivity contribution >= 4 is 45.2 Å². The Hall–Kier alpha value is -3.76. The fourth-order valence-corrected chi connectivity index (χ4v) is 6.46. The molecule has 1 unspecified atom stereocenters. The summed E-state index contributed by atoms with van der Waals surface area (Å²) < 4.78 is 14.5. The maximum absolute atomic E-state index is 13.9. The van der Waals surface area contributed by atoms with Gasteiger partial charge in [0.15, 0.2) is 11.5 Å². The Morgan fingerprint density at radius 1 is 1.12 bits per heavy atom. The first kappa shape index (κ1) is 30.7. The summed E-state index contributed by atoms with van der Waals surface area (Å²) in [6.07, 6.45) is 2.93.